The van der Waals surface area contributed by atoms with Crippen LogP contribution in [0.1, 0.15) is 0 Å². The van der Waals surface area contributed by atoms with Crippen LogP contribution in [-0.2, 0) is 4.79 Å². The second-order valence-electron chi connectivity index (χ2n) is 5.03. The van der Waals surface area contributed by atoms with Crippen molar-refractivity contribution in [2.24, 2.45) is 0 Å². The molecule has 0 unspecified atom stereocenters. The van der Waals surface area contributed by atoms with Crippen LogP contribution in [0.5, 0.6) is 17.2 Å². The van der Waals surface area contributed by atoms with Crippen molar-refractivity contribution in [3.63, 3.8) is 0 Å². The number of hydrogen-bond donors (Lipinski definition) is 1. The quantitative estimate of drug-likeness (QED) is 0.790. The van der Waals surface area contributed by atoms with Gasteiger partial charge in [0.1, 0.15) is 11.6 Å². The first-order valence-corrected chi connectivity index (χ1v) is 7.66. The summed E-state index contributed by atoms with van der Waals surface area (Å²) >= 11 is 5.61. The fourth-order valence-electron chi connectivity index (χ4n) is 2.68. The zero-order chi connectivity index (χ0) is 16.1. The third kappa shape index (κ3) is 3.39. The Hall–Kier alpha value is -1.66. The second-order valence-corrected chi connectivity index (χ2v) is 5.30. The minimum absolute atomic E-state index is 0.00870. The summed E-state index contributed by atoms with van der Waals surface area (Å²) in [5.74, 6) is 1.90. The van der Waals surface area contributed by atoms with E-state index in [1.54, 1.807) is 26.2 Å². The summed E-state index contributed by atoms with van der Waals surface area (Å²) in [6, 6.07) is 3.91. The normalized spacial score (nSPS) is 15.5. The largest absolute Gasteiger partial charge is 0.492 e. The van der Waals surface area contributed by atoms with E-state index in [9.17, 15) is 4.79 Å². The molecule has 2 rings (SSSR count). The molecule has 1 fully saturated rings. The summed E-state index contributed by atoms with van der Waals surface area (Å²) < 4.78 is 16.1. The molecular formula is C15H22ClN2O4+. The maximum atomic E-state index is 11.6. The summed E-state index contributed by atoms with van der Waals surface area (Å²) in [6.07, 6.45) is 0. The zero-order valence-corrected chi connectivity index (χ0v) is 13.9. The van der Waals surface area contributed by atoms with Crippen LogP contribution in [0, 0.1) is 0 Å². The van der Waals surface area contributed by atoms with E-state index in [0.29, 0.717) is 30.3 Å². The third-order valence-electron chi connectivity index (χ3n) is 3.91. The summed E-state index contributed by atoms with van der Waals surface area (Å²) in [5.41, 5.74) is 1.06. The molecule has 1 aliphatic rings. The zero-order valence-electron chi connectivity index (χ0n) is 13.1. The molecule has 0 atom stereocenters. The fourth-order valence-corrected chi connectivity index (χ4v) is 2.85. The van der Waals surface area contributed by atoms with Crippen molar-refractivity contribution in [1.82, 2.24) is 4.90 Å². The molecule has 0 aliphatic carbocycles. The van der Waals surface area contributed by atoms with Crippen LogP contribution in [-0.4, -0.2) is 64.2 Å². The molecule has 0 spiro atoms. The Morgan fingerprint density at radius 1 is 1.14 bits per heavy atom. The van der Waals surface area contributed by atoms with Gasteiger partial charge in [-0.25, -0.2) is 0 Å². The molecule has 7 heteroatoms. The molecule has 0 radical (unpaired) electrons. The second kappa shape index (κ2) is 7.56. The van der Waals surface area contributed by atoms with Crippen LogP contribution in [0.25, 0.3) is 0 Å². The predicted molar refractivity (Wildman–Crippen MR) is 83.8 cm³/mol. The van der Waals surface area contributed by atoms with Gasteiger partial charge in [-0.2, -0.15) is 0 Å². The van der Waals surface area contributed by atoms with E-state index in [1.807, 2.05) is 12.1 Å². The number of piperazine rings is 1. The lowest BCUT2D eigenvalue weighted by molar-refractivity contribution is -0.837. The van der Waals surface area contributed by atoms with E-state index in [4.69, 9.17) is 25.8 Å². The van der Waals surface area contributed by atoms with Gasteiger partial charge in [-0.3, -0.25) is 9.69 Å². The van der Waals surface area contributed by atoms with Crippen molar-refractivity contribution < 1.29 is 23.9 Å². The SMILES string of the molecule is COc1cc([NH+]2CCN(C(=O)CCl)CC2)cc(OC)c1OC. The highest BCUT2D eigenvalue weighted by Gasteiger charge is 2.26. The minimum Gasteiger partial charge on any atom is -0.492 e. The van der Waals surface area contributed by atoms with Gasteiger partial charge in [0.05, 0.1) is 47.5 Å². The molecule has 122 valence electrons. The van der Waals surface area contributed by atoms with Crippen molar-refractivity contribution in [1.29, 1.82) is 0 Å². The first kappa shape index (κ1) is 16.7. The van der Waals surface area contributed by atoms with Crippen molar-refractivity contribution in [2.45, 2.75) is 0 Å². The van der Waals surface area contributed by atoms with Gasteiger partial charge >= 0.3 is 0 Å². The van der Waals surface area contributed by atoms with E-state index < -0.39 is 0 Å². The van der Waals surface area contributed by atoms with E-state index in [0.717, 1.165) is 18.8 Å². The van der Waals surface area contributed by atoms with Gasteiger partial charge in [0.2, 0.25) is 11.7 Å². The number of carbonyl (C=O) groups is 1. The number of quaternary nitrogens is 1. The molecular weight excluding hydrogens is 308 g/mol. The van der Waals surface area contributed by atoms with Crippen LogP contribution in [0.3, 0.4) is 0 Å². The molecule has 0 bridgehead atoms. The van der Waals surface area contributed by atoms with Gasteiger partial charge in [0.15, 0.2) is 11.5 Å². The maximum absolute atomic E-state index is 11.6. The summed E-state index contributed by atoms with van der Waals surface area (Å²) in [7, 11) is 4.80. The number of nitrogens with one attached hydrogen (secondary N) is 1. The minimum atomic E-state index is -0.00870. The van der Waals surface area contributed by atoms with Gasteiger partial charge in [-0.15, -0.1) is 11.6 Å². The van der Waals surface area contributed by atoms with Crippen molar-refractivity contribution in [2.75, 3.05) is 53.4 Å². The number of benzene rings is 1. The lowest BCUT2D eigenvalue weighted by Crippen LogP contribution is -3.10. The van der Waals surface area contributed by atoms with Crippen molar-refractivity contribution >= 4 is 23.2 Å². The lowest BCUT2D eigenvalue weighted by atomic mass is 10.2. The van der Waals surface area contributed by atoms with Gasteiger partial charge < -0.3 is 19.1 Å². The number of hydrogen-bond acceptors (Lipinski definition) is 4. The molecule has 1 aromatic rings. The molecule has 0 aromatic heterocycles. The molecule has 1 saturated heterocycles. The van der Waals surface area contributed by atoms with Gasteiger partial charge in [0.25, 0.3) is 0 Å². The number of rotatable bonds is 5. The topological polar surface area (TPSA) is 52.4 Å². The Morgan fingerprint density at radius 3 is 2.09 bits per heavy atom. The highest BCUT2D eigenvalue weighted by atomic mass is 35.5. The number of halogens is 1. The van der Waals surface area contributed by atoms with E-state index in [-0.39, 0.29) is 11.8 Å². The Labute approximate surface area is 135 Å². The van der Waals surface area contributed by atoms with Crippen LogP contribution < -0.4 is 19.1 Å². The smallest absolute Gasteiger partial charge is 0.237 e. The average Bonchev–Trinajstić information content (AvgIpc) is 2.59. The molecule has 1 aliphatic heterocycles. The molecule has 1 N–H and O–H groups in total. The first-order chi connectivity index (χ1) is 10.6. The highest BCUT2D eigenvalue weighted by molar-refractivity contribution is 6.27. The van der Waals surface area contributed by atoms with Gasteiger partial charge in [-0.1, -0.05) is 0 Å². The Kier molecular flexibility index (Phi) is 5.74. The molecule has 0 saturated carbocycles. The number of amides is 1. The number of alkyl halides is 1. The van der Waals surface area contributed by atoms with Crippen molar-refractivity contribution in [3.05, 3.63) is 12.1 Å². The Bertz CT molecular complexity index is 505. The molecule has 6 nitrogen and oxygen atoms in total. The van der Waals surface area contributed by atoms with Gasteiger partial charge in [0, 0.05) is 12.1 Å². The summed E-state index contributed by atoms with van der Waals surface area (Å²) in [6.45, 7) is 3.03. The third-order valence-corrected chi connectivity index (χ3v) is 4.14. The van der Waals surface area contributed by atoms with Crippen LogP contribution in [0.2, 0.25) is 0 Å². The average molecular weight is 330 g/mol. The van der Waals surface area contributed by atoms with E-state index in [2.05, 4.69) is 0 Å². The Morgan fingerprint density at radius 2 is 1.68 bits per heavy atom. The molecule has 1 heterocycles. The Balaban J connectivity index is 2.18. The first-order valence-electron chi connectivity index (χ1n) is 7.13. The number of methoxy groups -OCH3 is 3. The predicted octanol–water partition coefficient (Wildman–Crippen LogP) is 0.310. The molecule has 1 aromatic carbocycles. The monoisotopic (exact) mass is 329 g/mol. The lowest BCUT2D eigenvalue weighted by Gasteiger charge is -2.32. The van der Waals surface area contributed by atoms with Crippen LogP contribution in [0.4, 0.5) is 5.69 Å². The molecule has 1 amide bonds. The number of nitrogens with zero attached hydrogens (tertiary/aromatic N) is 1. The van der Waals surface area contributed by atoms with Crippen LogP contribution >= 0.6 is 11.6 Å². The maximum Gasteiger partial charge on any atom is 0.237 e. The van der Waals surface area contributed by atoms with E-state index in [1.165, 1.54) is 4.90 Å². The number of carbonyl (C=O) groups excluding carboxylic acids is 1. The summed E-state index contributed by atoms with van der Waals surface area (Å²) in [5, 5.41) is 0. The molecule has 22 heavy (non-hydrogen) atoms. The summed E-state index contributed by atoms with van der Waals surface area (Å²) in [4.78, 5) is 14.7. The number of ether oxygens (including phenoxy) is 3. The van der Waals surface area contributed by atoms with Crippen LogP contribution in [0.15, 0.2) is 12.1 Å². The van der Waals surface area contributed by atoms with Gasteiger partial charge in [-0.05, 0) is 0 Å². The highest BCUT2D eigenvalue weighted by Crippen LogP contribution is 2.38. The standard InChI is InChI=1S/C15H21ClN2O4/c1-20-12-8-11(9-13(21-2)15(12)22-3)17-4-6-18(7-5-17)14(19)10-16/h8-9H,4-7,10H2,1-3H3/p+1. The van der Waals surface area contributed by atoms with E-state index >= 15 is 0 Å². The fraction of sp³-hybridized carbons (Fsp3) is 0.533. The van der Waals surface area contributed by atoms with Crippen molar-refractivity contribution in [3.8, 4) is 17.2 Å².